The van der Waals surface area contributed by atoms with Gasteiger partial charge in [0.25, 0.3) is 0 Å². The van der Waals surface area contributed by atoms with Gasteiger partial charge >= 0.3 is 0 Å². The number of hydrogen-bond acceptors (Lipinski definition) is 2. The Morgan fingerprint density at radius 3 is 2.83 bits per heavy atom. The third-order valence-electron chi connectivity index (χ3n) is 2.46. The van der Waals surface area contributed by atoms with Crippen LogP contribution in [-0.2, 0) is 0 Å². The van der Waals surface area contributed by atoms with E-state index >= 15 is 0 Å². The van der Waals surface area contributed by atoms with E-state index in [1.165, 1.54) is 13.0 Å². The molecule has 0 amide bonds. The lowest BCUT2D eigenvalue weighted by atomic mass is 10.2. The van der Waals surface area contributed by atoms with Crippen LogP contribution >= 0.6 is 0 Å². The van der Waals surface area contributed by atoms with E-state index in [1.54, 1.807) is 5.57 Å². The molecule has 1 aliphatic rings. The van der Waals surface area contributed by atoms with Crippen molar-refractivity contribution < 1.29 is 0 Å². The van der Waals surface area contributed by atoms with Gasteiger partial charge in [-0.1, -0.05) is 11.6 Å². The minimum absolute atomic E-state index is 0.689. The lowest BCUT2D eigenvalue weighted by molar-refractivity contribution is 0.281. The van der Waals surface area contributed by atoms with Gasteiger partial charge in [0.05, 0.1) is 0 Å². The molecule has 70 valence electrons. The van der Waals surface area contributed by atoms with Crippen molar-refractivity contribution in [3.63, 3.8) is 0 Å². The molecule has 0 unspecified atom stereocenters. The maximum atomic E-state index is 5.44. The first-order chi connectivity index (χ1) is 5.74. The molecule has 1 rings (SSSR count). The third kappa shape index (κ3) is 2.61. The second kappa shape index (κ2) is 4.63. The zero-order chi connectivity index (χ0) is 8.97. The van der Waals surface area contributed by atoms with Crippen molar-refractivity contribution >= 4 is 0 Å². The second-order valence-corrected chi connectivity index (χ2v) is 3.75. The lowest BCUT2D eigenvalue weighted by Gasteiger charge is -2.18. The van der Waals surface area contributed by atoms with Crippen LogP contribution in [-0.4, -0.2) is 30.6 Å². The van der Waals surface area contributed by atoms with E-state index in [2.05, 4.69) is 24.8 Å². The number of nitrogens with zero attached hydrogens (tertiary/aromatic N) is 1. The van der Waals surface area contributed by atoms with Gasteiger partial charge in [-0.3, -0.25) is 4.90 Å². The molecule has 0 aromatic heterocycles. The number of rotatable bonds is 3. The molecule has 1 fully saturated rings. The normalized spacial score (nSPS) is 22.8. The zero-order valence-electron chi connectivity index (χ0n) is 8.21. The average molecular weight is 168 g/mol. The molecular weight excluding hydrogens is 148 g/mol. The van der Waals surface area contributed by atoms with Crippen LogP contribution in [0.3, 0.4) is 0 Å². The van der Waals surface area contributed by atoms with E-state index in [-0.39, 0.29) is 0 Å². The van der Waals surface area contributed by atoms with E-state index in [1.807, 2.05) is 0 Å². The smallest absolute Gasteiger partial charge is 0.0196 e. The molecule has 2 N–H and O–H groups in total. The summed E-state index contributed by atoms with van der Waals surface area (Å²) in [5.74, 6) is 0. The summed E-state index contributed by atoms with van der Waals surface area (Å²) >= 11 is 0. The summed E-state index contributed by atoms with van der Waals surface area (Å²) in [7, 11) is 0. The van der Waals surface area contributed by atoms with Crippen LogP contribution in [0, 0.1) is 0 Å². The Bertz CT molecular complexity index is 161. The van der Waals surface area contributed by atoms with E-state index in [0.717, 1.165) is 19.5 Å². The van der Waals surface area contributed by atoms with Gasteiger partial charge in [-0.2, -0.15) is 0 Å². The van der Waals surface area contributed by atoms with Gasteiger partial charge in [-0.25, -0.2) is 0 Å². The quantitative estimate of drug-likeness (QED) is 0.645. The molecule has 0 saturated carbocycles. The minimum Gasteiger partial charge on any atom is -0.330 e. The molecule has 1 aliphatic heterocycles. The van der Waals surface area contributed by atoms with Crippen LogP contribution < -0.4 is 5.73 Å². The molecule has 0 aliphatic carbocycles. The highest BCUT2D eigenvalue weighted by Crippen LogP contribution is 2.17. The summed E-state index contributed by atoms with van der Waals surface area (Å²) in [5, 5.41) is 0. The predicted molar refractivity (Wildman–Crippen MR) is 53.1 cm³/mol. The summed E-state index contributed by atoms with van der Waals surface area (Å²) < 4.78 is 0. The van der Waals surface area contributed by atoms with Crippen LogP contribution in [0.2, 0.25) is 0 Å². The van der Waals surface area contributed by atoms with Crippen molar-refractivity contribution in [2.24, 2.45) is 5.73 Å². The van der Waals surface area contributed by atoms with Crippen LogP contribution in [0.15, 0.2) is 11.6 Å². The highest BCUT2D eigenvalue weighted by atomic mass is 15.2. The van der Waals surface area contributed by atoms with Gasteiger partial charge in [0, 0.05) is 19.1 Å². The van der Waals surface area contributed by atoms with E-state index in [0.29, 0.717) is 6.04 Å². The predicted octanol–water partition coefficient (Wildman–Crippen LogP) is 1.38. The molecule has 1 heterocycles. The number of nitrogens with two attached hydrogens (primary N) is 1. The maximum Gasteiger partial charge on any atom is 0.0196 e. The average Bonchev–Trinajstić information content (AvgIpc) is 2.48. The molecule has 2 nitrogen and oxygen atoms in total. The van der Waals surface area contributed by atoms with Crippen molar-refractivity contribution in [1.29, 1.82) is 0 Å². The SMILES string of the molecule is CC(C)N1CCC(=CCCN)C1. The van der Waals surface area contributed by atoms with Gasteiger partial charge in [-0.15, -0.1) is 0 Å². The van der Waals surface area contributed by atoms with Crippen LogP contribution in [0.1, 0.15) is 26.7 Å². The van der Waals surface area contributed by atoms with Crippen LogP contribution in [0.4, 0.5) is 0 Å². The Kier molecular flexibility index (Phi) is 3.76. The summed E-state index contributed by atoms with van der Waals surface area (Å²) in [6.07, 6.45) is 4.60. The molecule has 2 heteroatoms. The topological polar surface area (TPSA) is 29.3 Å². The van der Waals surface area contributed by atoms with Crippen molar-refractivity contribution in [2.75, 3.05) is 19.6 Å². The standard InChI is InChI=1S/C10H20N2/c1-9(2)12-7-5-10(8-12)4-3-6-11/h4,9H,3,5-8,11H2,1-2H3. The fourth-order valence-electron chi connectivity index (χ4n) is 1.60. The van der Waals surface area contributed by atoms with Crippen molar-refractivity contribution in [1.82, 2.24) is 4.90 Å². The summed E-state index contributed by atoms with van der Waals surface area (Å²) in [6.45, 7) is 7.69. The lowest BCUT2D eigenvalue weighted by Crippen LogP contribution is -2.27. The third-order valence-corrected chi connectivity index (χ3v) is 2.46. The summed E-state index contributed by atoms with van der Waals surface area (Å²) in [5.41, 5.74) is 7.02. The first-order valence-electron chi connectivity index (χ1n) is 4.86. The summed E-state index contributed by atoms with van der Waals surface area (Å²) in [4.78, 5) is 2.50. The molecule has 0 radical (unpaired) electrons. The first kappa shape index (κ1) is 9.75. The van der Waals surface area contributed by atoms with Gasteiger partial charge in [0.15, 0.2) is 0 Å². The summed E-state index contributed by atoms with van der Waals surface area (Å²) in [6, 6.07) is 0.689. The molecule has 0 atom stereocenters. The van der Waals surface area contributed by atoms with Gasteiger partial charge < -0.3 is 5.73 Å². The zero-order valence-corrected chi connectivity index (χ0v) is 8.21. The Morgan fingerprint density at radius 1 is 1.58 bits per heavy atom. The monoisotopic (exact) mass is 168 g/mol. The Balaban J connectivity index is 2.34. The van der Waals surface area contributed by atoms with E-state index < -0.39 is 0 Å². The number of likely N-dealkylation sites (tertiary alicyclic amines) is 1. The minimum atomic E-state index is 0.689. The highest BCUT2D eigenvalue weighted by Gasteiger charge is 2.17. The molecule has 0 bridgehead atoms. The molecule has 0 aromatic carbocycles. The van der Waals surface area contributed by atoms with E-state index in [4.69, 9.17) is 5.73 Å². The molecule has 12 heavy (non-hydrogen) atoms. The van der Waals surface area contributed by atoms with Gasteiger partial charge in [0.1, 0.15) is 0 Å². The van der Waals surface area contributed by atoms with E-state index in [9.17, 15) is 0 Å². The van der Waals surface area contributed by atoms with Gasteiger partial charge in [-0.05, 0) is 33.2 Å². The molecule has 0 aromatic rings. The largest absolute Gasteiger partial charge is 0.330 e. The van der Waals surface area contributed by atoms with Crippen molar-refractivity contribution in [3.05, 3.63) is 11.6 Å². The van der Waals surface area contributed by atoms with Gasteiger partial charge in [0.2, 0.25) is 0 Å². The Hall–Kier alpha value is -0.340. The molecule has 0 spiro atoms. The van der Waals surface area contributed by atoms with Crippen molar-refractivity contribution in [2.45, 2.75) is 32.7 Å². The second-order valence-electron chi connectivity index (χ2n) is 3.75. The first-order valence-corrected chi connectivity index (χ1v) is 4.86. The number of hydrogen-bond donors (Lipinski definition) is 1. The Morgan fingerprint density at radius 2 is 2.33 bits per heavy atom. The Labute approximate surface area is 75.4 Å². The maximum absolute atomic E-state index is 5.44. The fourth-order valence-corrected chi connectivity index (χ4v) is 1.60. The van der Waals surface area contributed by atoms with Crippen molar-refractivity contribution in [3.8, 4) is 0 Å². The fraction of sp³-hybridized carbons (Fsp3) is 0.800. The van der Waals surface area contributed by atoms with Crippen LogP contribution in [0.5, 0.6) is 0 Å². The van der Waals surface area contributed by atoms with Crippen LogP contribution in [0.25, 0.3) is 0 Å². The highest BCUT2D eigenvalue weighted by molar-refractivity contribution is 5.10. The molecular formula is C10H20N2. The molecule has 1 saturated heterocycles.